The number of hydrogen-bond acceptors (Lipinski definition) is 4. The molecule has 1 aromatic carbocycles. The molecular weight excluding hydrogens is 340 g/mol. The summed E-state index contributed by atoms with van der Waals surface area (Å²) in [7, 11) is 0. The van der Waals surface area contributed by atoms with E-state index in [0.29, 0.717) is 18.5 Å². The maximum Gasteiger partial charge on any atom is 0.312 e. The van der Waals surface area contributed by atoms with E-state index in [4.69, 9.17) is 5.73 Å². The molecule has 1 aliphatic rings. The highest BCUT2D eigenvalue weighted by molar-refractivity contribution is 7.98. The van der Waals surface area contributed by atoms with E-state index < -0.39 is 12.1 Å². The number of hydrogen-bond donors (Lipinski definition) is 3. The molecule has 4 amide bonds. The van der Waals surface area contributed by atoms with Gasteiger partial charge < -0.3 is 21.3 Å². The average Bonchev–Trinajstić information content (AvgIpc) is 2.97. The number of carbonyl (C=O) groups is 3. The van der Waals surface area contributed by atoms with Gasteiger partial charge in [0, 0.05) is 24.3 Å². The van der Waals surface area contributed by atoms with Crippen molar-refractivity contribution in [3.05, 3.63) is 23.8 Å². The van der Waals surface area contributed by atoms with E-state index in [9.17, 15) is 14.4 Å². The molecule has 1 heterocycles. The summed E-state index contributed by atoms with van der Waals surface area (Å²) in [6.07, 6.45) is 3.87. The van der Waals surface area contributed by atoms with Crippen molar-refractivity contribution >= 4 is 41.0 Å². The van der Waals surface area contributed by atoms with Crippen LogP contribution in [0.25, 0.3) is 0 Å². The summed E-state index contributed by atoms with van der Waals surface area (Å²) in [5, 5.41) is 5.28. The van der Waals surface area contributed by atoms with Crippen LogP contribution in [0, 0.1) is 6.92 Å². The molecule has 4 N–H and O–H groups in total. The Bertz CT molecular complexity index is 665. The molecule has 0 bridgehead atoms. The van der Waals surface area contributed by atoms with Crippen LogP contribution < -0.4 is 21.3 Å². The molecule has 7 nitrogen and oxygen atoms in total. The number of thioether (sulfide) groups is 1. The van der Waals surface area contributed by atoms with Crippen molar-refractivity contribution in [1.29, 1.82) is 0 Å². The average molecular weight is 364 g/mol. The Morgan fingerprint density at radius 2 is 2.16 bits per heavy atom. The number of primary amides is 1. The normalized spacial score (nSPS) is 15.1. The van der Waals surface area contributed by atoms with Crippen LogP contribution in [0.2, 0.25) is 0 Å². The highest BCUT2D eigenvalue weighted by atomic mass is 32.2. The lowest BCUT2D eigenvalue weighted by molar-refractivity contribution is -0.118. The largest absolute Gasteiger partial charge is 0.352 e. The molecule has 8 heteroatoms. The fourth-order valence-electron chi connectivity index (χ4n) is 2.84. The van der Waals surface area contributed by atoms with E-state index in [-0.39, 0.29) is 11.8 Å². The van der Waals surface area contributed by atoms with Gasteiger partial charge in [-0.05, 0) is 55.5 Å². The number of carbonyl (C=O) groups excluding carboxylic acids is 3. The Labute approximate surface area is 151 Å². The minimum Gasteiger partial charge on any atom is -0.352 e. The molecule has 0 aliphatic carbocycles. The van der Waals surface area contributed by atoms with Gasteiger partial charge in [0.15, 0.2) is 0 Å². The minimum absolute atomic E-state index is 0.127. The maximum absolute atomic E-state index is 12.4. The molecule has 0 saturated carbocycles. The van der Waals surface area contributed by atoms with E-state index in [2.05, 4.69) is 10.6 Å². The number of amides is 4. The van der Waals surface area contributed by atoms with Gasteiger partial charge in [0.1, 0.15) is 6.04 Å². The van der Waals surface area contributed by atoms with Crippen LogP contribution in [0.5, 0.6) is 0 Å². The number of anilines is 2. The second-order valence-electron chi connectivity index (χ2n) is 5.98. The van der Waals surface area contributed by atoms with Gasteiger partial charge >= 0.3 is 6.03 Å². The van der Waals surface area contributed by atoms with E-state index in [1.807, 2.05) is 25.3 Å². The van der Waals surface area contributed by atoms with Crippen LogP contribution in [-0.4, -0.2) is 42.4 Å². The van der Waals surface area contributed by atoms with Gasteiger partial charge in [-0.2, -0.15) is 11.8 Å². The van der Waals surface area contributed by atoms with Crippen LogP contribution in [0.1, 0.15) is 24.8 Å². The topological polar surface area (TPSA) is 105 Å². The van der Waals surface area contributed by atoms with Gasteiger partial charge in [-0.3, -0.25) is 9.59 Å². The van der Waals surface area contributed by atoms with Crippen molar-refractivity contribution in [3.63, 3.8) is 0 Å². The van der Waals surface area contributed by atoms with Crippen molar-refractivity contribution in [2.75, 3.05) is 28.8 Å². The lowest BCUT2D eigenvalue weighted by atomic mass is 10.1. The van der Waals surface area contributed by atoms with Gasteiger partial charge in [-0.25, -0.2) is 4.79 Å². The second-order valence-corrected chi connectivity index (χ2v) is 6.97. The standard InChI is InChI=1S/C17H24N4O3S/c1-11-10-12(5-6-14(11)21-8-3-4-15(21)22)19-16(23)13(7-9-25-2)20-17(18)24/h5-6,10,13H,3-4,7-9H2,1-2H3,(H,19,23)(H3,18,20,24). The first kappa shape index (κ1) is 19.1. The van der Waals surface area contributed by atoms with Crippen LogP contribution in [0.15, 0.2) is 18.2 Å². The predicted octanol–water partition coefficient (Wildman–Crippen LogP) is 1.85. The first-order valence-electron chi connectivity index (χ1n) is 8.19. The van der Waals surface area contributed by atoms with E-state index in [0.717, 1.165) is 30.0 Å². The molecule has 1 saturated heterocycles. The molecule has 2 rings (SSSR count). The Balaban J connectivity index is 2.07. The zero-order valence-electron chi connectivity index (χ0n) is 14.5. The number of rotatable bonds is 7. The number of aryl methyl sites for hydroxylation is 1. The molecule has 1 atom stereocenters. The highest BCUT2D eigenvalue weighted by Crippen LogP contribution is 2.27. The number of nitrogens with two attached hydrogens (primary N) is 1. The molecule has 1 aliphatic heterocycles. The highest BCUT2D eigenvalue weighted by Gasteiger charge is 2.24. The molecule has 25 heavy (non-hydrogen) atoms. The second kappa shape index (κ2) is 8.75. The quantitative estimate of drug-likeness (QED) is 0.687. The van der Waals surface area contributed by atoms with Gasteiger partial charge in [-0.1, -0.05) is 0 Å². The molecule has 1 aromatic rings. The Hall–Kier alpha value is -2.22. The number of urea groups is 1. The van der Waals surface area contributed by atoms with Crippen molar-refractivity contribution in [2.24, 2.45) is 5.73 Å². The first-order chi connectivity index (χ1) is 11.9. The minimum atomic E-state index is -0.722. The monoisotopic (exact) mass is 364 g/mol. The van der Waals surface area contributed by atoms with Crippen molar-refractivity contribution in [3.8, 4) is 0 Å². The van der Waals surface area contributed by atoms with Crippen LogP contribution >= 0.6 is 11.8 Å². The fourth-order valence-corrected chi connectivity index (χ4v) is 3.32. The first-order valence-corrected chi connectivity index (χ1v) is 9.58. The van der Waals surface area contributed by atoms with Crippen molar-refractivity contribution < 1.29 is 14.4 Å². The third-order valence-electron chi connectivity index (χ3n) is 4.07. The third-order valence-corrected chi connectivity index (χ3v) is 4.72. The van der Waals surface area contributed by atoms with Gasteiger partial charge in [0.2, 0.25) is 11.8 Å². The molecular formula is C17H24N4O3S. The number of benzene rings is 1. The Morgan fingerprint density at radius 1 is 1.40 bits per heavy atom. The predicted molar refractivity (Wildman–Crippen MR) is 101 cm³/mol. The molecule has 0 radical (unpaired) electrons. The van der Waals surface area contributed by atoms with Crippen LogP contribution in [0.4, 0.5) is 16.2 Å². The van der Waals surface area contributed by atoms with Crippen LogP contribution in [-0.2, 0) is 9.59 Å². The van der Waals surface area contributed by atoms with Gasteiger partial charge in [0.05, 0.1) is 0 Å². The van der Waals surface area contributed by atoms with Crippen molar-refractivity contribution in [2.45, 2.75) is 32.2 Å². The lowest BCUT2D eigenvalue weighted by Crippen LogP contribution is -2.46. The SMILES string of the molecule is CSCCC(NC(N)=O)C(=O)Nc1ccc(N2CCCC2=O)c(C)c1. The smallest absolute Gasteiger partial charge is 0.312 e. The summed E-state index contributed by atoms with van der Waals surface area (Å²) in [6, 6.07) is 4.04. The van der Waals surface area contributed by atoms with E-state index >= 15 is 0 Å². The molecule has 1 unspecified atom stereocenters. The molecule has 0 aromatic heterocycles. The Morgan fingerprint density at radius 3 is 2.72 bits per heavy atom. The lowest BCUT2D eigenvalue weighted by Gasteiger charge is -2.20. The fraction of sp³-hybridized carbons (Fsp3) is 0.471. The summed E-state index contributed by atoms with van der Waals surface area (Å²) >= 11 is 1.59. The van der Waals surface area contributed by atoms with Crippen LogP contribution in [0.3, 0.4) is 0 Å². The zero-order chi connectivity index (χ0) is 18.4. The summed E-state index contributed by atoms with van der Waals surface area (Å²) < 4.78 is 0. The zero-order valence-corrected chi connectivity index (χ0v) is 15.3. The van der Waals surface area contributed by atoms with E-state index in [1.165, 1.54) is 0 Å². The van der Waals surface area contributed by atoms with E-state index in [1.54, 1.807) is 22.7 Å². The van der Waals surface area contributed by atoms with Crippen molar-refractivity contribution in [1.82, 2.24) is 5.32 Å². The van der Waals surface area contributed by atoms with Gasteiger partial charge in [0.25, 0.3) is 0 Å². The summed E-state index contributed by atoms with van der Waals surface area (Å²) in [4.78, 5) is 37.2. The number of nitrogens with one attached hydrogen (secondary N) is 2. The molecule has 1 fully saturated rings. The molecule has 0 spiro atoms. The summed E-state index contributed by atoms with van der Waals surface area (Å²) in [5.41, 5.74) is 7.56. The Kier molecular flexibility index (Phi) is 6.69. The summed E-state index contributed by atoms with van der Waals surface area (Å²) in [5.74, 6) is 0.549. The number of nitrogens with zero attached hydrogens (tertiary/aromatic N) is 1. The third kappa shape index (κ3) is 5.12. The van der Waals surface area contributed by atoms with Gasteiger partial charge in [-0.15, -0.1) is 0 Å². The molecule has 136 valence electrons. The maximum atomic E-state index is 12.4. The summed E-state index contributed by atoms with van der Waals surface area (Å²) in [6.45, 7) is 2.63.